The van der Waals surface area contributed by atoms with Crippen molar-refractivity contribution >= 4 is 69.4 Å². The van der Waals surface area contributed by atoms with Crippen LogP contribution in [-0.2, 0) is 37.1 Å². The molecule has 0 unspecified atom stereocenters. The first-order chi connectivity index (χ1) is 21.3. The van der Waals surface area contributed by atoms with Crippen LogP contribution in [-0.4, -0.2) is 101 Å². The Labute approximate surface area is 264 Å². The number of hydrogen-bond acceptors (Lipinski definition) is 16. The zero-order chi connectivity index (χ0) is 33.1. The van der Waals surface area contributed by atoms with Crippen LogP contribution in [0, 0.1) is 0 Å². The molecular formula is C24H33N11O8S2. The van der Waals surface area contributed by atoms with Crippen molar-refractivity contribution in [2.45, 2.75) is 50.4 Å². The van der Waals surface area contributed by atoms with Gasteiger partial charge in [-0.1, -0.05) is 5.16 Å². The van der Waals surface area contributed by atoms with Gasteiger partial charge in [0.1, 0.15) is 23.6 Å². The number of oxime groups is 1. The van der Waals surface area contributed by atoms with Crippen LogP contribution in [0.3, 0.4) is 0 Å². The van der Waals surface area contributed by atoms with E-state index < -0.39 is 46.5 Å². The minimum Gasteiger partial charge on any atom is -0.543 e. The average molecular weight is 668 g/mol. The molecule has 1 saturated heterocycles. The van der Waals surface area contributed by atoms with Crippen molar-refractivity contribution in [3.05, 3.63) is 23.3 Å². The van der Waals surface area contributed by atoms with E-state index in [4.69, 9.17) is 22.0 Å². The lowest BCUT2D eigenvalue weighted by molar-refractivity contribution is -0.767. The van der Waals surface area contributed by atoms with Gasteiger partial charge >= 0.3 is 5.97 Å². The Bertz CT molecular complexity index is 1550. The Morgan fingerprint density at radius 3 is 2.67 bits per heavy atom. The molecule has 2 aromatic heterocycles. The normalized spacial score (nSPS) is 18.4. The highest BCUT2D eigenvalue weighted by Gasteiger charge is 2.53. The lowest BCUT2D eigenvalue weighted by atomic mass is 10.0. The molecule has 0 aliphatic carbocycles. The maximum absolute atomic E-state index is 13.3. The van der Waals surface area contributed by atoms with Gasteiger partial charge in [0.25, 0.3) is 11.8 Å². The van der Waals surface area contributed by atoms with E-state index in [0.717, 1.165) is 16.4 Å². The Kier molecular flexibility index (Phi) is 10.2. The third kappa shape index (κ3) is 6.95. The van der Waals surface area contributed by atoms with Gasteiger partial charge < -0.3 is 52.8 Å². The van der Waals surface area contributed by atoms with Crippen molar-refractivity contribution in [2.24, 2.45) is 10.9 Å². The van der Waals surface area contributed by atoms with Gasteiger partial charge in [-0.3, -0.25) is 14.5 Å². The number of aliphatic hydroxyl groups is 1. The number of carbonyl (C=O) groups is 4. The highest BCUT2D eigenvalue weighted by Crippen LogP contribution is 2.40. The number of nitrogen functional groups attached to an aromatic ring is 2. The van der Waals surface area contributed by atoms with E-state index in [1.165, 1.54) is 25.6 Å². The molecule has 1 fully saturated rings. The number of aromatic nitrogens is 4. The van der Waals surface area contributed by atoms with E-state index >= 15 is 0 Å². The Morgan fingerprint density at radius 2 is 2.07 bits per heavy atom. The molecule has 21 heteroatoms. The molecule has 2 amide bonds. The van der Waals surface area contributed by atoms with Gasteiger partial charge in [-0.15, -0.1) is 21.1 Å². The number of fused-ring (bicyclic) bond motifs is 1. The third-order valence-corrected chi connectivity index (χ3v) is 8.66. The van der Waals surface area contributed by atoms with Gasteiger partial charge in [0.15, 0.2) is 17.5 Å². The molecule has 244 valence electrons. The topological polar surface area (TPSA) is 293 Å². The molecular weight excluding hydrogens is 634 g/mol. The number of nitrogens with two attached hydrogens (primary N) is 3. The summed E-state index contributed by atoms with van der Waals surface area (Å²) < 4.78 is 7.13. The van der Waals surface area contributed by atoms with Crippen molar-refractivity contribution in [1.82, 2.24) is 24.3 Å². The molecule has 4 heterocycles. The second-order valence-electron chi connectivity index (χ2n) is 10.3. The van der Waals surface area contributed by atoms with Crippen molar-refractivity contribution in [2.75, 3.05) is 42.2 Å². The number of carbonyl (C=O) groups excluding carboxylic acids is 3. The molecule has 4 rings (SSSR count). The molecule has 0 aromatic carbocycles. The first-order valence-corrected chi connectivity index (χ1v) is 15.3. The molecule has 2 aromatic rings. The van der Waals surface area contributed by atoms with Crippen LogP contribution < -0.4 is 37.6 Å². The van der Waals surface area contributed by atoms with Gasteiger partial charge in [-0.05, 0) is 26.8 Å². The fourth-order valence-corrected chi connectivity index (χ4v) is 6.18. The highest BCUT2D eigenvalue weighted by molar-refractivity contribution is 8.00. The zero-order valence-corrected chi connectivity index (χ0v) is 25.9. The number of hydrogen-bond donors (Lipinski definition) is 7. The van der Waals surface area contributed by atoms with Crippen LogP contribution in [0.2, 0.25) is 0 Å². The van der Waals surface area contributed by atoms with Crippen molar-refractivity contribution in [1.29, 1.82) is 0 Å². The molecule has 0 saturated carbocycles. The Hall–Kier alpha value is -4.47. The summed E-state index contributed by atoms with van der Waals surface area (Å²) in [6, 6.07) is -1.17. The summed E-state index contributed by atoms with van der Waals surface area (Å²) in [4.78, 5) is 60.3. The Balaban J connectivity index is 1.57. The van der Waals surface area contributed by atoms with E-state index in [1.807, 2.05) is 0 Å². The highest BCUT2D eigenvalue weighted by atomic mass is 32.2. The number of β-lactam (4-membered cyclic amide) rings is 1. The van der Waals surface area contributed by atoms with Gasteiger partial charge in [0.05, 0.1) is 18.3 Å². The minimum absolute atomic E-state index is 0.00351. The minimum atomic E-state index is -1.82. The number of carboxylic acids is 2. The molecule has 2 aliphatic rings. The molecule has 45 heavy (non-hydrogen) atoms. The van der Waals surface area contributed by atoms with E-state index in [1.54, 1.807) is 15.6 Å². The summed E-state index contributed by atoms with van der Waals surface area (Å²) >= 11 is 1.96. The van der Waals surface area contributed by atoms with Crippen LogP contribution in [0.15, 0.2) is 22.6 Å². The molecule has 0 spiro atoms. The lowest BCUT2D eigenvalue weighted by Gasteiger charge is -2.50. The summed E-state index contributed by atoms with van der Waals surface area (Å²) in [7, 11) is 0. The maximum Gasteiger partial charge on any atom is 0.350 e. The number of amides is 2. The van der Waals surface area contributed by atoms with E-state index in [2.05, 4.69) is 25.1 Å². The fourth-order valence-electron chi connectivity index (χ4n) is 4.41. The molecule has 0 bridgehead atoms. The second-order valence-corrected chi connectivity index (χ2v) is 12.2. The number of thioether (sulfide) groups is 1. The van der Waals surface area contributed by atoms with Crippen molar-refractivity contribution < 1.29 is 44.0 Å². The lowest BCUT2D eigenvalue weighted by Crippen LogP contribution is -2.71. The summed E-state index contributed by atoms with van der Waals surface area (Å²) in [5.74, 6) is -4.43. The van der Waals surface area contributed by atoms with Crippen LogP contribution in [0.5, 0.6) is 0 Å². The average Bonchev–Trinajstić information content (AvgIpc) is 3.54. The second kappa shape index (κ2) is 13.7. The van der Waals surface area contributed by atoms with Gasteiger partial charge in [-0.2, -0.15) is 9.36 Å². The van der Waals surface area contributed by atoms with E-state index in [-0.39, 0.29) is 42.1 Å². The van der Waals surface area contributed by atoms with Crippen LogP contribution in [0.4, 0.5) is 16.6 Å². The molecule has 19 nitrogen and oxygen atoms in total. The quantitative estimate of drug-likeness (QED) is 0.0315. The first-order valence-electron chi connectivity index (χ1n) is 13.5. The number of rotatable bonds is 15. The number of nitrogens with zero attached hydrogens (tertiary/aromatic N) is 6. The summed E-state index contributed by atoms with van der Waals surface area (Å²) in [6.45, 7) is 3.34. The smallest absolute Gasteiger partial charge is 0.350 e. The number of aliphatic carboxylic acids is 2. The summed E-state index contributed by atoms with van der Waals surface area (Å²) in [5.41, 5.74) is 15.7. The maximum atomic E-state index is 13.3. The van der Waals surface area contributed by atoms with Crippen LogP contribution in [0.25, 0.3) is 0 Å². The monoisotopic (exact) mass is 667 g/mol. The zero-order valence-electron chi connectivity index (χ0n) is 24.3. The van der Waals surface area contributed by atoms with Crippen LogP contribution in [0.1, 0.15) is 26.1 Å². The number of nitrogens with one attached hydrogen (secondary N) is 2. The van der Waals surface area contributed by atoms with Gasteiger partial charge in [-0.25, -0.2) is 4.79 Å². The van der Waals surface area contributed by atoms with Gasteiger partial charge in [0, 0.05) is 29.4 Å². The molecule has 0 radical (unpaired) electrons. The van der Waals surface area contributed by atoms with Crippen molar-refractivity contribution in [3.8, 4) is 0 Å². The van der Waals surface area contributed by atoms with E-state index in [9.17, 15) is 34.5 Å². The van der Waals surface area contributed by atoms with E-state index in [0.29, 0.717) is 36.6 Å². The molecule has 10 N–H and O–H groups in total. The SMILES string of the molecule is CC(C)(O/N=C(/C(=O)N[C@@H]1C(=O)N2C(C(=O)[O-])=C(C[n+]3cc(NCCCN)c(N)n3CCO)CS[C@H]12)c1nsc(N)n1)C(=O)O. The van der Waals surface area contributed by atoms with Crippen molar-refractivity contribution in [3.63, 3.8) is 0 Å². The molecule has 2 atom stereocenters. The number of anilines is 3. The summed E-state index contributed by atoms with van der Waals surface area (Å²) in [6.07, 6.45) is 2.36. The summed E-state index contributed by atoms with van der Waals surface area (Å²) in [5, 5.41) is 39.7. The third-order valence-electron chi connectivity index (χ3n) is 6.78. The predicted molar refractivity (Wildman–Crippen MR) is 159 cm³/mol. The number of carboxylic acid groups (broad SMARTS) is 2. The first kappa shape index (κ1) is 33.4. The van der Waals surface area contributed by atoms with Gasteiger partial charge in [0.2, 0.25) is 23.3 Å². The fraction of sp³-hybridized carbons (Fsp3) is 0.500. The standard InChI is InChI=1S/C24H33N11O8S2/c1-24(2,22(41)42)43-31-13(17-30-23(27)45-32-17)18(37)29-14-19(38)35-15(21(39)40)11(10-44-20(14)35)8-33-9-12(28-5-3-4-25)16(26)34(33)6-7-36/h9,14,20,26,28,36H,3-8,10,25H2,1-2H3,(H5,27,29,30,32,37,39,40,41,42)/b31-13+/t14-,20-/m1/s1. The number of aliphatic hydroxyl groups excluding tert-OH is 1. The largest absolute Gasteiger partial charge is 0.543 e. The Morgan fingerprint density at radius 1 is 1.33 bits per heavy atom. The molecule has 2 aliphatic heterocycles. The van der Waals surface area contributed by atoms with Crippen LogP contribution >= 0.6 is 23.3 Å². The predicted octanol–water partition coefficient (Wildman–Crippen LogP) is -3.77.